The van der Waals surface area contributed by atoms with Gasteiger partial charge in [0.15, 0.2) is 0 Å². The summed E-state index contributed by atoms with van der Waals surface area (Å²) < 4.78 is 2.03. The van der Waals surface area contributed by atoms with Crippen molar-refractivity contribution in [1.29, 1.82) is 0 Å². The molecule has 1 aromatic heterocycles. The quantitative estimate of drug-likeness (QED) is 0.888. The van der Waals surface area contributed by atoms with Crippen molar-refractivity contribution in [2.45, 2.75) is 31.8 Å². The molecule has 1 aliphatic rings. The normalized spacial score (nSPS) is 22.1. The van der Waals surface area contributed by atoms with Gasteiger partial charge in [0, 0.05) is 19.0 Å². The Balaban J connectivity index is 1.56. The standard InChI is InChI=1S/C14H18N4/c1-10-16-17-14(18(10)2)9-15-13-8-12(13)11-6-4-3-5-7-11/h3-7,12-13,15H,8-9H2,1-2H3. The molecule has 0 bridgehead atoms. The van der Waals surface area contributed by atoms with E-state index in [0.717, 1.165) is 18.2 Å². The molecule has 18 heavy (non-hydrogen) atoms. The molecule has 0 amide bonds. The van der Waals surface area contributed by atoms with E-state index in [1.807, 2.05) is 18.5 Å². The molecule has 4 heteroatoms. The summed E-state index contributed by atoms with van der Waals surface area (Å²) in [5.74, 6) is 2.63. The van der Waals surface area contributed by atoms with Gasteiger partial charge in [0.2, 0.25) is 0 Å². The largest absolute Gasteiger partial charge is 0.317 e. The Kier molecular flexibility index (Phi) is 2.88. The second kappa shape index (κ2) is 4.53. The van der Waals surface area contributed by atoms with E-state index in [1.54, 1.807) is 0 Å². The van der Waals surface area contributed by atoms with Crippen molar-refractivity contribution in [3.63, 3.8) is 0 Å². The van der Waals surface area contributed by atoms with Gasteiger partial charge in [-0.2, -0.15) is 0 Å². The molecule has 94 valence electrons. The molecule has 1 saturated carbocycles. The Labute approximate surface area is 107 Å². The van der Waals surface area contributed by atoms with Gasteiger partial charge in [-0.25, -0.2) is 0 Å². The predicted octanol–water partition coefficient (Wildman–Crippen LogP) is 1.77. The van der Waals surface area contributed by atoms with Gasteiger partial charge in [-0.05, 0) is 18.9 Å². The first kappa shape index (κ1) is 11.4. The van der Waals surface area contributed by atoms with Gasteiger partial charge in [-0.1, -0.05) is 30.3 Å². The molecule has 2 atom stereocenters. The minimum Gasteiger partial charge on any atom is -0.317 e. The van der Waals surface area contributed by atoms with Gasteiger partial charge in [0.25, 0.3) is 0 Å². The Hall–Kier alpha value is -1.68. The van der Waals surface area contributed by atoms with Crippen molar-refractivity contribution >= 4 is 0 Å². The third-order valence-corrected chi connectivity index (χ3v) is 3.72. The van der Waals surface area contributed by atoms with Crippen LogP contribution in [-0.2, 0) is 13.6 Å². The van der Waals surface area contributed by atoms with Crippen molar-refractivity contribution in [1.82, 2.24) is 20.1 Å². The topological polar surface area (TPSA) is 42.7 Å². The summed E-state index contributed by atoms with van der Waals surface area (Å²) in [7, 11) is 2.01. The van der Waals surface area contributed by atoms with Gasteiger partial charge in [0.1, 0.15) is 11.6 Å². The molecule has 1 aromatic carbocycles. The second-order valence-electron chi connectivity index (χ2n) is 4.96. The molecule has 3 rings (SSSR count). The first-order valence-corrected chi connectivity index (χ1v) is 6.39. The van der Waals surface area contributed by atoms with Gasteiger partial charge in [0.05, 0.1) is 6.54 Å². The smallest absolute Gasteiger partial charge is 0.146 e. The van der Waals surface area contributed by atoms with Crippen LogP contribution in [0.3, 0.4) is 0 Å². The summed E-state index contributed by atoms with van der Waals surface area (Å²) in [4.78, 5) is 0. The molecular formula is C14H18N4. The van der Waals surface area contributed by atoms with Gasteiger partial charge in [-0.15, -0.1) is 10.2 Å². The van der Waals surface area contributed by atoms with E-state index in [1.165, 1.54) is 12.0 Å². The number of aromatic nitrogens is 3. The maximum atomic E-state index is 4.16. The highest BCUT2D eigenvalue weighted by Crippen LogP contribution is 2.40. The first-order chi connectivity index (χ1) is 8.75. The van der Waals surface area contributed by atoms with Crippen LogP contribution in [0.4, 0.5) is 0 Å². The van der Waals surface area contributed by atoms with Crippen molar-refractivity contribution in [2.75, 3.05) is 0 Å². The van der Waals surface area contributed by atoms with E-state index < -0.39 is 0 Å². The molecule has 0 saturated heterocycles. The van der Waals surface area contributed by atoms with Crippen LogP contribution in [0, 0.1) is 6.92 Å². The fourth-order valence-electron chi connectivity index (χ4n) is 2.32. The molecule has 1 N–H and O–H groups in total. The van der Waals surface area contributed by atoms with Crippen LogP contribution in [0.25, 0.3) is 0 Å². The Morgan fingerprint density at radius 1 is 1.28 bits per heavy atom. The zero-order valence-corrected chi connectivity index (χ0v) is 10.8. The average Bonchev–Trinajstić information content (AvgIpc) is 3.12. The number of hydrogen-bond donors (Lipinski definition) is 1. The molecular weight excluding hydrogens is 224 g/mol. The minimum absolute atomic E-state index is 0.587. The number of nitrogens with zero attached hydrogens (tertiary/aromatic N) is 3. The van der Waals surface area contributed by atoms with Crippen LogP contribution in [-0.4, -0.2) is 20.8 Å². The predicted molar refractivity (Wildman–Crippen MR) is 70.2 cm³/mol. The molecule has 1 aliphatic carbocycles. The molecule has 2 unspecified atom stereocenters. The lowest BCUT2D eigenvalue weighted by Gasteiger charge is -2.04. The summed E-state index contributed by atoms with van der Waals surface area (Å²) in [6.45, 7) is 2.77. The third kappa shape index (κ3) is 2.16. The number of nitrogens with one attached hydrogen (secondary N) is 1. The summed E-state index contributed by atoms with van der Waals surface area (Å²) in [6, 6.07) is 11.3. The van der Waals surface area contributed by atoms with Gasteiger partial charge >= 0.3 is 0 Å². The Bertz CT molecular complexity index is 532. The fourth-order valence-corrected chi connectivity index (χ4v) is 2.32. The Morgan fingerprint density at radius 3 is 2.72 bits per heavy atom. The summed E-state index contributed by atoms with van der Waals surface area (Å²) in [5.41, 5.74) is 1.43. The van der Waals surface area contributed by atoms with Gasteiger partial charge < -0.3 is 9.88 Å². The van der Waals surface area contributed by atoms with E-state index in [0.29, 0.717) is 12.0 Å². The molecule has 0 radical (unpaired) electrons. The molecule has 4 nitrogen and oxygen atoms in total. The average molecular weight is 242 g/mol. The highest BCUT2D eigenvalue weighted by atomic mass is 15.3. The monoisotopic (exact) mass is 242 g/mol. The second-order valence-corrected chi connectivity index (χ2v) is 4.96. The van der Waals surface area contributed by atoms with Crippen molar-refractivity contribution in [3.8, 4) is 0 Å². The van der Waals surface area contributed by atoms with E-state index in [4.69, 9.17) is 0 Å². The molecule has 1 fully saturated rings. The van der Waals surface area contributed by atoms with E-state index in [9.17, 15) is 0 Å². The zero-order valence-electron chi connectivity index (χ0n) is 10.8. The maximum Gasteiger partial charge on any atom is 0.146 e. The summed E-state index contributed by atoms with van der Waals surface area (Å²) in [5, 5.41) is 11.8. The number of hydrogen-bond acceptors (Lipinski definition) is 3. The van der Waals surface area contributed by atoms with Crippen LogP contribution >= 0.6 is 0 Å². The molecule has 0 spiro atoms. The van der Waals surface area contributed by atoms with Crippen LogP contribution < -0.4 is 5.32 Å². The van der Waals surface area contributed by atoms with Crippen LogP contribution in [0.15, 0.2) is 30.3 Å². The zero-order chi connectivity index (χ0) is 12.5. The van der Waals surface area contributed by atoms with Crippen LogP contribution in [0.1, 0.15) is 29.6 Å². The van der Waals surface area contributed by atoms with Crippen LogP contribution in [0.5, 0.6) is 0 Å². The third-order valence-electron chi connectivity index (χ3n) is 3.72. The van der Waals surface area contributed by atoms with E-state index >= 15 is 0 Å². The highest BCUT2D eigenvalue weighted by Gasteiger charge is 2.37. The lowest BCUT2D eigenvalue weighted by molar-refractivity contribution is 0.621. The molecule has 2 aromatic rings. The molecule has 1 heterocycles. The van der Waals surface area contributed by atoms with Crippen molar-refractivity contribution < 1.29 is 0 Å². The number of rotatable bonds is 4. The van der Waals surface area contributed by atoms with Crippen LogP contribution in [0.2, 0.25) is 0 Å². The first-order valence-electron chi connectivity index (χ1n) is 6.39. The van der Waals surface area contributed by atoms with Crippen molar-refractivity contribution in [2.24, 2.45) is 7.05 Å². The highest BCUT2D eigenvalue weighted by molar-refractivity contribution is 5.27. The summed E-state index contributed by atoms with van der Waals surface area (Å²) in [6.07, 6.45) is 1.22. The molecule has 0 aliphatic heterocycles. The Morgan fingerprint density at radius 2 is 2.06 bits per heavy atom. The van der Waals surface area contributed by atoms with Crippen molar-refractivity contribution in [3.05, 3.63) is 47.5 Å². The number of benzene rings is 1. The lowest BCUT2D eigenvalue weighted by Crippen LogP contribution is -2.19. The van der Waals surface area contributed by atoms with Gasteiger partial charge in [-0.3, -0.25) is 0 Å². The fraction of sp³-hybridized carbons (Fsp3) is 0.429. The minimum atomic E-state index is 0.587. The maximum absolute atomic E-state index is 4.16. The number of aryl methyl sites for hydroxylation is 1. The van der Waals surface area contributed by atoms with E-state index in [2.05, 4.69) is 45.8 Å². The van der Waals surface area contributed by atoms with E-state index in [-0.39, 0.29) is 0 Å². The lowest BCUT2D eigenvalue weighted by atomic mass is 10.1. The summed E-state index contributed by atoms with van der Waals surface area (Å²) >= 11 is 0. The SMILES string of the molecule is Cc1nnc(CNC2CC2c2ccccc2)n1C.